The van der Waals surface area contributed by atoms with Crippen molar-refractivity contribution >= 4 is 54.6 Å². The summed E-state index contributed by atoms with van der Waals surface area (Å²) >= 11 is 11.8. The predicted octanol–water partition coefficient (Wildman–Crippen LogP) is 4.30. The Morgan fingerprint density at radius 1 is 0.759 bits per heavy atom. The molecular weight excluding hydrogens is 459 g/mol. The van der Waals surface area contributed by atoms with Crippen molar-refractivity contribution in [2.24, 2.45) is 0 Å². The number of rotatable bonds is 6. The number of hydrogen-bond acceptors (Lipinski definition) is 5. The first-order chi connectivity index (χ1) is 13.6. The third kappa shape index (κ3) is 4.94. The lowest BCUT2D eigenvalue weighted by Gasteiger charge is -2.13. The second-order valence-electron chi connectivity index (χ2n) is 5.83. The van der Waals surface area contributed by atoms with Crippen molar-refractivity contribution in [2.75, 3.05) is 9.44 Å². The van der Waals surface area contributed by atoms with Gasteiger partial charge in [-0.05, 0) is 48.5 Å². The van der Waals surface area contributed by atoms with Gasteiger partial charge in [-0.2, -0.15) is 0 Å². The van der Waals surface area contributed by atoms with E-state index in [2.05, 4.69) is 9.44 Å². The molecule has 29 heavy (non-hydrogen) atoms. The number of anilines is 2. The maximum atomic E-state index is 12.6. The fraction of sp³-hybridized carbons (Fsp3) is 0. The molecule has 0 saturated carbocycles. The van der Waals surface area contributed by atoms with E-state index in [0.29, 0.717) is 5.02 Å². The topological polar surface area (TPSA) is 113 Å². The van der Waals surface area contributed by atoms with Gasteiger partial charge in [-0.3, -0.25) is 9.44 Å². The van der Waals surface area contributed by atoms with Gasteiger partial charge in [0, 0.05) is 5.02 Å². The zero-order chi connectivity index (χ0) is 21.2. The SMILES string of the molecule is O=S(=O)(Nc1cccc(Cl)c1)c1ccc(O)c(NS(=O)(=O)c2ccccc2Cl)c1. The Morgan fingerprint density at radius 3 is 2.17 bits per heavy atom. The van der Waals surface area contributed by atoms with Crippen LogP contribution in [0.4, 0.5) is 11.4 Å². The van der Waals surface area contributed by atoms with Gasteiger partial charge in [0.25, 0.3) is 20.0 Å². The Hall–Kier alpha value is -2.46. The Morgan fingerprint density at radius 2 is 1.48 bits per heavy atom. The molecule has 0 aliphatic carbocycles. The van der Waals surface area contributed by atoms with Gasteiger partial charge in [-0.1, -0.05) is 41.4 Å². The van der Waals surface area contributed by atoms with E-state index < -0.39 is 25.8 Å². The molecule has 3 aromatic rings. The van der Waals surface area contributed by atoms with E-state index in [1.54, 1.807) is 18.2 Å². The Balaban J connectivity index is 1.95. The Labute approximate surface area is 178 Å². The van der Waals surface area contributed by atoms with Gasteiger partial charge in [-0.25, -0.2) is 16.8 Å². The molecule has 0 unspecified atom stereocenters. The van der Waals surface area contributed by atoms with Crippen molar-refractivity contribution in [1.82, 2.24) is 0 Å². The molecule has 0 bridgehead atoms. The molecule has 0 heterocycles. The second kappa shape index (κ2) is 8.11. The number of phenols is 1. The third-order valence-electron chi connectivity index (χ3n) is 3.73. The quantitative estimate of drug-likeness (QED) is 0.462. The van der Waals surface area contributed by atoms with Crippen LogP contribution in [0, 0.1) is 0 Å². The summed E-state index contributed by atoms with van der Waals surface area (Å²) in [6.07, 6.45) is 0. The lowest BCUT2D eigenvalue weighted by atomic mass is 10.3. The van der Waals surface area contributed by atoms with Gasteiger partial charge >= 0.3 is 0 Å². The van der Waals surface area contributed by atoms with Crippen LogP contribution in [0.2, 0.25) is 10.0 Å². The summed E-state index contributed by atoms with van der Waals surface area (Å²) in [5.41, 5.74) is -0.0948. The molecule has 0 spiro atoms. The van der Waals surface area contributed by atoms with E-state index in [4.69, 9.17) is 23.2 Å². The van der Waals surface area contributed by atoms with Gasteiger partial charge in [0.05, 0.1) is 21.3 Å². The first kappa shape index (κ1) is 21.3. The summed E-state index contributed by atoms with van der Waals surface area (Å²) in [5, 5.41) is 10.3. The minimum absolute atomic E-state index is 0.0223. The number of halogens is 2. The highest BCUT2D eigenvalue weighted by Crippen LogP contribution is 2.31. The summed E-state index contributed by atoms with van der Waals surface area (Å²) in [7, 11) is -8.25. The molecule has 0 aromatic heterocycles. The number of sulfonamides is 2. The molecule has 0 aliphatic rings. The summed E-state index contributed by atoms with van der Waals surface area (Å²) in [5.74, 6) is -0.456. The van der Waals surface area contributed by atoms with Crippen molar-refractivity contribution in [2.45, 2.75) is 9.79 Å². The summed E-state index contributed by atoms with van der Waals surface area (Å²) in [6.45, 7) is 0. The highest BCUT2D eigenvalue weighted by molar-refractivity contribution is 7.93. The molecule has 3 N–H and O–H groups in total. The number of nitrogens with one attached hydrogen (secondary N) is 2. The molecule has 0 atom stereocenters. The number of hydrogen-bond donors (Lipinski definition) is 3. The molecule has 3 aromatic carbocycles. The largest absolute Gasteiger partial charge is 0.506 e. The maximum absolute atomic E-state index is 12.6. The first-order valence-corrected chi connectivity index (χ1v) is 11.7. The summed E-state index contributed by atoms with van der Waals surface area (Å²) in [4.78, 5) is -0.487. The number of benzene rings is 3. The fourth-order valence-corrected chi connectivity index (χ4v) is 5.24. The van der Waals surface area contributed by atoms with Crippen LogP contribution in [-0.2, 0) is 20.0 Å². The first-order valence-electron chi connectivity index (χ1n) is 7.97. The van der Waals surface area contributed by atoms with Crippen LogP contribution >= 0.6 is 23.2 Å². The smallest absolute Gasteiger partial charge is 0.263 e. The average Bonchev–Trinajstić information content (AvgIpc) is 2.63. The molecule has 0 aliphatic heterocycles. The van der Waals surface area contributed by atoms with Crippen molar-refractivity contribution in [3.63, 3.8) is 0 Å². The summed E-state index contributed by atoms with van der Waals surface area (Å²) in [6, 6.07) is 15.0. The Bertz CT molecular complexity index is 1280. The lowest BCUT2D eigenvalue weighted by molar-refractivity contribution is 0.477. The molecule has 0 radical (unpaired) electrons. The van der Waals surface area contributed by atoms with E-state index in [0.717, 1.165) is 18.2 Å². The minimum Gasteiger partial charge on any atom is -0.506 e. The molecule has 0 amide bonds. The van der Waals surface area contributed by atoms with Crippen LogP contribution < -0.4 is 9.44 Å². The van der Waals surface area contributed by atoms with Crippen molar-refractivity contribution in [3.8, 4) is 5.75 Å². The second-order valence-corrected chi connectivity index (χ2v) is 10.0. The van der Waals surface area contributed by atoms with E-state index >= 15 is 0 Å². The standard InChI is InChI=1S/C18H14Cl2N2O5S2/c19-12-4-3-5-13(10-12)21-28(24,25)14-8-9-17(23)16(11-14)22-29(26,27)18-7-2-1-6-15(18)20/h1-11,21-23H. The normalized spacial score (nSPS) is 11.8. The molecule has 7 nitrogen and oxygen atoms in total. The van der Waals surface area contributed by atoms with Gasteiger partial charge in [0.15, 0.2) is 0 Å². The van der Waals surface area contributed by atoms with Crippen LogP contribution in [-0.4, -0.2) is 21.9 Å². The van der Waals surface area contributed by atoms with Crippen LogP contribution in [0.1, 0.15) is 0 Å². The molecule has 0 fully saturated rings. The average molecular weight is 473 g/mol. The van der Waals surface area contributed by atoms with Gasteiger partial charge in [-0.15, -0.1) is 0 Å². The van der Waals surface area contributed by atoms with Gasteiger partial charge in [0.1, 0.15) is 10.6 Å². The van der Waals surface area contributed by atoms with Gasteiger partial charge in [0.2, 0.25) is 0 Å². The highest BCUT2D eigenvalue weighted by Gasteiger charge is 2.22. The van der Waals surface area contributed by atoms with Crippen molar-refractivity contribution in [1.29, 1.82) is 0 Å². The van der Waals surface area contributed by atoms with Crippen molar-refractivity contribution in [3.05, 3.63) is 76.8 Å². The van der Waals surface area contributed by atoms with E-state index in [1.165, 1.54) is 30.3 Å². The zero-order valence-corrected chi connectivity index (χ0v) is 17.6. The van der Waals surface area contributed by atoms with Crippen LogP contribution in [0.3, 0.4) is 0 Å². The highest BCUT2D eigenvalue weighted by atomic mass is 35.5. The van der Waals surface area contributed by atoms with E-state index in [1.807, 2.05) is 0 Å². The Kier molecular flexibility index (Phi) is 5.95. The van der Waals surface area contributed by atoms with E-state index in [-0.39, 0.29) is 26.2 Å². The molecule has 11 heteroatoms. The molecule has 3 rings (SSSR count). The number of phenolic OH excluding ortho intramolecular Hbond substituents is 1. The molecule has 152 valence electrons. The third-order valence-corrected chi connectivity index (χ3v) is 7.21. The molecular formula is C18H14Cl2N2O5S2. The van der Waals surface area contributed by atoms with Crippen molar-refractivity contribution < 1.29 is 21.9 Å². The predicted molar refractivity (Wildman–Crippen MR) is 113 cm³/mol. The van der Waals surface area contributed by atoms with Crippen LogP contribution in [0.25, 0.3) is 0 Å². The fourth-order valence-electron chi connectivity index (χ4n) is 2.39. The zero-order valence-electron chi connectivity index (χ0n) is 14.5. The van der Waals surface area contributed by atoms with Crippen LogP contribution in [0.5, 0.6) is 5.75 Å². The lowest BCUT2D eigenvalue weighted by Crippen LogP contribution is -2.16. The number of aromatic hydroxyl groups is 1. The van der Waals surface area contributed by atoms with E-state index in [9.17, 15) is 21.9 Å². The summed E-state index contributed by atoms with van der Waals surface area (Å²) < 4.78 is 54.9. The maximum Gasteiger partial charge on any atom is 0.263 e. The minimum atomic E-state index is -4.17. The van der Waals surface area contributed by atoms with Gasteiger partial charge < -0.3 is 5.11 Å². The molecule has 0 saturated heterocycles. The van der Waals surface area contributed by atoms with Crippen LogP contribution in [0.15, 0.2) is 76.5 Å². The monoisotopic (exact) mass is 472 g/mol.